The lowest BCUT2D eigenvalue weighted by molar-refractivity contribution is -0.381. The zero-order valence-corrected chi connectivity index (χ0v) is 21.8. The molecule has 2 saturated carbocycles. The molecule has 1 N–H and O–H groups in total. The standard InChI is InChI=1S/C27H38O9/c1-6-14(2)22(30)36-24-27-19(11-18(35-24)12-26(27)13-33-26)25(5,9-7-17-8-10-32-23(17)31)15(3)20(29)21(27)34-16(4)28/h6,15,17-21,24,29H,7-13H2,1-5H3/b14-6+/t15-,17+,18-,19-,20-,21+,24-,25+,26+,27+/m1/s1. The summed E-state index contributed by atoms with van der Waals surface area (Å²) >= 11 is 0. The fourth-order valence-corrected chi connectivity index (χ4v) is 7.75. The smallest absolute Gasteiger partial charge is 0.335 e. The first kappa shape index (κ1) is 25.7. The minimum Gasteiger partial charge on any atom is -0.465 e. The number of rotatable bonds is 6. The van der Waals surface area contributed by atoms with E-state index in [1.807, 2.05) is 6.92 Å². The Hall–Kier alpha value is -1.97. The highest BCUT2D eigenvalue weighted by molar-refractivity contribution is 5.87. The van der Waals surface area contributed by atoms with Gasteiger partial charge in [-0.25, -0.2) is 4.79 Å². The molecule has 2 spiro atoms. The predicted octanol–water partition coefficient (Wildman–Crippen LogP) is 2.68. The number of carbonyl (C=O) groups is 3. The normalized spacial score (nSPS) is 47.3. The van der Waals surface area contributed by atoms with E-state index >= 15 is 0 Å². The number of esters is 3. The fraction of sp³-hybridized carbons (Fsp3) is 0.815. The fourth-order valence-electron chi connectivity index (χ4n) is 7.75. The first-order valence-corrected chi connectivity index (χ1v) is 13.2. The van der Waals surface area contributed by atoms with Gasteiger partial charge in [0.25, 0.3) is 0 Å². The summed E-state index contributed by atoms with van der Waals surface area (Å²) in [6.45, 7) is 9.74. The molecule has 6 fully saturated rings. The number of fused-ring (bicyclic) bond motifs is 1. The lowest BCUT2D eigenvalue weighted by Gasteiger charge is -2.69. The Kier molecular flexibility index (Phi) is 6.28. The SMILES string of the molecule is C/C=C(\C)C(=O)O[C@H]1O[C@@H]2C[C@@H]3[C@@](C)(CC[C@H]4CCOC4=O)[C@H](C)[C@@H](O)[C@H](OC(C)=O)[C@]13[C@@]1(CO1)C2. The number of hydrogen-bond donors (Lipinski definition) is 1. The van der Waals surface area contributed by atoms with Gasteiger partial charge in [-0.05, 0) is 56.8 Å². The Labute approximate surface area is 211 Å². The van der Waals surface area contributed by atoms with Crippen LogP contribution in [0, 0.1) is 28.6 Å². The lowest BCUT2D eigenvalue weighted by atomic mass is 9.40. The molecular weight excluding hydrogens is 468 g/mol. The van der Waals surface area contributed by atoms with Crippen LogP contribution in [0.15, 0.2) is 11.6 Å². The number of allylic oxidation sites excluding steroid dienone is 1. The van der Waals surface area contributed by atoms with Gasteiger partial charge in [0, 0.05) is 18.9 Å². The Bertz CT molecular complexity index is 970. The van der Waals surface area contributed by atoms with Crippen LogP contribution in [0.4, 0.5) is 0 Å². The highest BCUT2D eigenvalue weighted by Crippen LogP contribution is 2.73. The average Bonchev–Trinajstić information content (AvgIpc) is 3.48. The van der Waals surface area contributed by atoms with Gasteiger partial charge in [-0.1, -0.05) is 19.9 Å². The second-order valence-corrected chi connectivity index (χ2v) is 11.7. The zero-order chi connectivity index (χ0) is 26.0. The van der Waals surface area contributed by atoms with E-state index in [0.29, 0.717) is 50.9 Å². The van der Waals surface area contributed by atoms with Gasteiger partial charge in [-0.3, -0.25) is 9.59 Å². The average molecular weight is 507 g/mol. The van der Waals surface area contributed by atoms with Crippen molar-refractivity contribution in [3.8, 4) is 0 Å². The number of hydrogen-bond acceptors (Lipinski definition) is 9. The number of cyclic esters (lactones) is 1. The molecule has 10 atom stereocenters. The molecule has 2 bridgehead atoms. The summed E-state index contributed by atoms with van der Waals surface area (Å²) in [5.74, 6) is -1.75. The highest BCUT2D eigenvalue weighted by atomic mass is 16.7. The van der Waals surface area contributed by atoms with E-state index in [9.17, 15) is 19.5 Å². The van der Waals surface area contributed by atoms with E-state index in [4.69, 9.17) is 23.7 Å². The monoisotopic (exact) mass is 506 g/mol. The molecule has 36 heavy (non-hydrogen) atoms. The second kappa shape index (κ2) is 8.81. The van der Waals surface area contributed by atoms with Gasteiger partial charge in [0.05, 0.1) is 31.3 Å². The zero-order valence-electron chi connectivity index (χ0n) is 21.8. The molecule has 4 heterocycles. The van der Waals surface area contributed by atoms with Crippen molar-refractivity contribution in [1.29, 1.82) is 0 Å². The molecule has 0 radical (unpaired) electrons. The number of aliphatic hydroxyl groups is 1. The van der Waals surface area contributed by atoms with Crippen molar-refractivity contribution in [2.24, 2.45) is 28.6 Å². The molecule has 0 unspecified atom stereocenters. The number of epoxide rings is 1. The Morgan fingerprint density at radius 2 is 1.97 bits per heavy atom. The minimum atomic E-state index is -1.08. The Morgan fingerprint density at radius 1 is 1.25 bits per heavy atom. The lowest BCUT2D eigenvalue weighted by Crippen LogP contribution is -2.78. The quantitative estimate of drug-likeness (QED) is 0.251. The maximum Gasteiger partial charge on any atom is 0.335 e. The van der Waals surface area contributed by atoms with Crippen LogP contribution in [0.3, 0.4) is 0 Å². The van der Waals surface area contributed by atoms with Crippen molar-refractivity contribution in [1.82, 2.24) is 0 Å². The van der Waals surface area contributed by atoms with Crippen LogP contribution in [0.5, 0.6) is 0 Å². The number of carbonyl (C=O) groups excluding carboxylic acids is 3. The maximum atomic E-state index is 13.0. The van der Waals surface area contributed by atoms with Crippen LogP contribution >= 0.6 is 0 Å². The summed E-state index contributed by atoms with van der Waals surface area (Å²) < 4.78 is 29.6. The van der Waals surface area contributed by atoms with Crippen molar-refractivity contribution in [2.75, 3.05) is 13.2 Å². The molecule has 4 saturated heterocycles. The molecule has 2 aliphatic carbocycles. The summed E-state index contributed by atoms with van der Waals surface area (Å²) in [7, 11) is 0. The predicted molar refractivity (Wildman–Crippen MR) is 125 cm³/mol. The van der Waals surface area contributed by atoms with Crippen LogP contribution in [-0.2, 0) is 38.1 Å². The van der Waals surface area contributed by atoms with Crippen LogP contribution in [0.2, 0.25) is 0 Å². The summed E-state index contributed by atoms with van der Waals surface area (Å²) in [6.07, 6.45) is 1.70. The van der Waals surface area contributed by atoms with Crippen molar-refractivity contribution in [2.45, 2.75) is 96.9 Å². The molecule has 6 rings (SSSR count). The van der Waals surface area contributed by atoms with Gasteiger partial charge in [0.1, 0.15) is 17.1 Å². The molecule has 9 heteroatoms. The van der Waals surface area contributed by atoms with Gasteiger partial charge in [0.2, 0.25) is 6.29 Å². The largest absolute Gasteiger partial charge is 0.465 e. The molecular formula is C27H38O9. The third kappa shape index (κ3) is 3.56. The van der Waals surface area contributed by atoms with Crippen molar-refractivity contribution in [3.63, 3.8) is 0 Å². The first-order valence-electron chi connectivity index (χ1n) is 13.2. The van der Waals surface area contributed by atoms with Crippen molar-refractivity contribution >= 4 is 17.9 Å². The molecule has 0 amide bonds. The number of aliphatic hydroxyl groups excluding tert-OH is 1. The van der Waals surface area contributed by atoms with Crippen LogP contribution in [0.1, 0.15) is 66.7 Å². The van der Waals surface area contributed by atoms with E-state index in [1.165, 1.54) is 6.92 Å². The van der Waals surface area contributed by atoms with Gasteiger partial charge in [-0.2, -0.15) is 0 Å². The Balaban J connectivity index is 1.59. The van der Waals surface area contributed by atoms with E-state index in [0.717, 1.165) is 0 Å². The number of ether oxygens (including phenoxy) is 5. The molecule has 6 aliphatic rings. The second-order valence-electron chi connectivity index (χ2n) is 11.7. The summed E-state index contributed by atoms with van der Waals surface area (Å²) in [5.41, 5.74) is -1.81. The molecule has 0 aromatic rings. The van der Waals surface area contributed by atoms with Gasteiger partial charge < -0.3 is 28.8 Å². The minimum absolute atomic E-state index is 0.135. The Morgan fingerprint density at radius 3 is 2.56 bits per heavy atom. The van der Waals surface area contributed by atoms with Crippen LogP contribution < -0.4 is 0 Å². The van der Waals surface area contributed by atoms with Gasteiger partial charge in [-0.15, -0.1) is 0 Å². The molecule has 0 aromatic carbocycles. The van der Waals surface area contributed by atoms with E-state index in [1.54, 1.807) is 19.9 Å². The summed E-state index contributed by atoms with van der Waals surface area (Å²) in [5, 5.41) is 11.8. The van der Waals surface area contributed by atoms with Crippen molar-refractivity contribution < 1.29 is 43.2 Å². The molecule has 4 aliphatic heterocycles. The topological polar surface area (TPSA) is 121 Å². The first-order chi connectivity index (χ1) is 17.0. The van der Waals surface area contributed by atoms with E-state index in [-0.39, 0.29) is 29.8 Å². The maximum absolute atomic E-state index is 13.0. The summed E-state index contributed by atoms with van der Waals surface area (Å²) in [4.78, 5) is 37.5. The van der Waals surface area contributed by atoms with E-state index < -0.39 is 46.9 Å². The van der Waals surface area contributed by atoms with Crippen LogP contribution in [-0.4, -0.2) is 66.4 Å². The van der Waals surface area contributed by atoms with E-state index in [2.05, 4.69) is 6.92 Å². The van der Waals surface area contributed by atoms with Gasteiger partial charge >= 0.3 is 17.9 Å². The van der Waals surface area contributed by atoms with Crippen LogP contribution in [0.25, 0.3) is 0 Å². The van der Waals surface area contributed by atoms with Crippen molar-refractivity contribution in [3.05, 3.63) is 11.6 Å². The summed E-state index contributed by atoms with van der Waals surface area (Å²) in [6, 6.07) is 0. The molecule has 9 nitrogen and oxygen atoms in total. The highest BCUT2D eigenvalue weighted by Gasteiger charge is 2.83. The third-order valence-electron chi connectivity index (χ3n) is 10.1. The van der Waals surface area contributed by atoms with Gasteiger partial charge in [0.15, 0.2) is 0 Å². The molecule has 200 valence electrons. The third-order valence-corrected chi connectivity index (χ3v) is 10.1. The molecule has 0 aromatic heterocycles.